The van der Waals surface area contributed by atoms with E-state index in [1.165, 1.54) is 24.5 Å². The van der Waals surface area contributed by atoms with Crippen LogP contribution in [0, 0.1) is 17.1 Å². The van der Waals surface area contributed by atoms with Crippen LogP contribution < -0.4 is 0 Å². The number of hydrogen-bond donors (Lipinski definition) is 1. The third-order valence-electron chi connectivity index (χ3n) is 2.08. The lowest BCUT2D eigenvalue weighted by atomic mass is 10.0. The van der Waals surface area contributed by atoms with Crippen molar-refractivity contribution in [2.45, 2.75) is 0 Å². The smallest absolute Gasteiger partial charge is 0.134 e. The molecule has 1 aromatic carbocycles. The second-order valence-corrected chi connectivity index (χ2v) is 3.27. The summed E-state index contributed by atoms with van der Waals surface area (Å²) in [5.74, 6) is -0.488. The van der Waals surface area contributed by atoms with Crippen LogP contribution in [0.3, 0.4) is 0 Å². The molecule has 0 atom stereocenters. The van der Waals surface area contributed by atoms with Crippen molar-refractivity contribution in [3.63, 3.8) is 0 Å². The Morgan fingerprint density at radius 2 is 1.94 bits per heavy atom. The molecule has 0 amide bonds. The highest BCUT2D eigenvalue weighted by Crippen LogP contribution is 2.23. The van der Waals surface area contributed by atoms with Gasteiger partial charge < -0.3 is 5.11 Å². The lowest BCUT2D eigenvalue weighted by molar-refractivity contribution is 0.473. The minimum absolute atomic E-state index is 0.000249. The van der Waals surface area contributed by atoms with Crippen LogP contribution in [0.5, 0.6) is 5.75 Å². The van der Waals surface area contributed by atoms with Crippen molar-refractivity contribution in [1.29, 1.82) is 5.26 Å². The van der Waals surface area contributed by atoms with Crippen molar-refractivity contribution in [1.82, 2.24) is 4.98 Å². The van der Waals surface area contributed by atoms with Crippen LogP contribution in [0.4, 0.5) is 4.39 Å². The molecular weight excluding hydrogens is 207 g/mol. The summed E-state index contributed by atoms with van der Waals surface area (Å²) in [6.45, 7) is 0. The van der Waals surface area contributed by atoms with Gasteiger partial charge in [-0.1, -0.05) is 0 Å². The maximum Gasteiger partial charge on any atom is 0.134 e. The van der Waals surface area contributed by atoms with Gasteiger partial charge in [0.25, 0.3) is 0 Å². The predicted octanol–water partition coefficient (Wildman–Crippen LogP) is 2.46. The van der Waals surface area contributed by atoms with Gasteiger partial charge in [0.05, 0.1) is 17.8 Å². The topological polar surface area (TPSA) is 56.9 Å². The van der Waals surface area contributed by atoms with E-state index in [0.29, 0.717) is 11.1 Å². The highest BCUT2D eigenvalue weighted by molar-refractivity contribution is 5.65. The van der Waals surface area contributed by atoms with Crippen LogP contribution in [0.2, 0.25) is 0 Å². The number of rotatable bonds is 1. The van der Waals surface area contributed by atoms with Crippen molar-refractivity contribution in [2.24, 2.45) is 0 Å². The average molecular weight is 214 g/mol. The minimum Gasteiger partial charge on any atom is -0.506 e. The van der Waals surface area contributed by atoms with Gasteiger partial charge in [-0.2, -0.15) is 5.26 Å². The summed E-state index contributed by atoms with van der Waals surface area (Å²) in [5, 5.41) is 18.0. The molecule has 16 heavy (non-hydrogen) atoms. The number of pyridine rings is 1. The number of halogens is 1. The number of benzene rings is 1. The predicted molar refractivity (Wildman–Crippen MR) is 56.0 cm³/mol. The van der Waals surface area contributed by atoms with Gasteiger partial charge in [-0.05, 0) is 29.8 Å². The van der Waals surface area contributed by atoms with Crippen molar-refractivity contribution in [3.05, 3.63) is 48.0 Å². The first-order chi connectivity index (χ1) is 7.69. The Bertz CT molecular complexity index is 575. The minimum atomic E-state index is -0.489. The Hall–Kier alpha value is -2.41. The number of aromatic hydroxyl groups is 1. The van der Waals surface area contributed by atoms with E-state index in [2.05, 4.69) is 4.98 Å². The molecule has 0 bridgehead atoms. The van der Waals surface area contributed by atoms with Gasteiger partial charge in [0.2, 0.25) is 0 Å². The summed E-state index contributed by atoms with van der Waals surface area (Å²) in [7, 11) is 0. The maximum atomic E-state index is 13.2. The first kappa shape index (κ1) is 10.1. The molecule has 0 fully saturated rings. The Balaban J connectivity index is 2.56. The Morgan fingerprint density at radius 3 is 2.62 bits per heavy atom. The standard InChI is InChI=1S/C12H7FN2O/c13-11-2-8(5-14)1-9(3-11)10-4-12(16)7-15-6-10/h1-4,6-7,16H. The van der Waals surface area contributed by atoms with Gasteiger partial charge in [-0.3, -0.25) is 4.98 Å². The van der Waals surface area contributed by atoms with E-state index in [1.807, 2.05) is 6.07 Å². The van der Waals surface area contributed by atoms with Gasteiger partial charge in [0.15, 0.2) is 0 Å². The van der Waals surface area contributed by atoms with E-state index >= 15 is 0 Å². The van der Waals surface area contributed by atoms with Crippen molar-refractivity contribution < 1.29 is 9.50 Å². The molecule has 0 radical (unpaired) electrons. The Morgan fingerprint density at radius 1 is 1.12 bits per heavy atom. The number of nitrogens with zero attached hydrogens (tertiary/aromatic N) is 2. The first-order valence-electron chi connectivity index (χ1n) is 4.54. The largest absolute Gasteiger partial charge is 0.506 e. The summed E-state index contributed by atoms with van der Waals surface area (Å²) in [6.07, 6.45) is 2.78. The molecular formula is C12H7FN2O. The molecule has 0 aliphatic heterocycles. The average Bonchev–Trinajstić information content (AvgIpc) is 2.28. The molecule has 3 nitrogen and oxygen atoms in total. The Labute approximate surface area is 91.4 Å². The van der Waals surface area contributed by atoms with Crippen LogP contribution >= 0.6 is 0 Å². The zero-order valence-corrected chi connectivity index (χ0v) is 8.18. The third kappa shape index (κ3) is 1.98. The van der Waals surface area contributed by atoms with Gasteiger partial charge >= 0.3 is 0 Å². The van der Waals surface area contributed by atoms with E-state index in [9.17, 15) is 9.50 Å². The summed E-state index contributed by atoms with van der Waals surface area (Å²) >= 11 is 0. The van der Waals surface area contributed by atoms with Gasteiger partial charge in [0.1, 0.15) is 11.6 Å². The quantitative estimate of drug-likeness (QED) is 0.793. The van der Waals surface area contributed by atoms with Crippen LogP contribution in [0.15, 0.2) is 36.7 Å². The van der Waals surface area contributed by atoms with Gasteiger partial charge in [-0.15, -0.1) is 0 Å². The van der Waals surface area contributed by atoms with E-state index in [0.717, 1.165) is 6.07 Å². The normalized spacial score (nSPS) is 9.75. The zero-order chi connectivity index (χ0) is 11.5. The fraction of sp³-hybridized carbons (Fsp3) is 0. The first-order valence-corrected chi connectivity index (χ1v) is 4.54. The summed E-state index contributed by atoms with van der Waals surface area (Å²) < 4.78 is 13.2. The van der Waals surface area contributed by atoms with Crippen LogP contribution in [-0.4, -0.2) is 10.1 Å². The number of nitriles is 1. The molecule has 0 unspecified atom stereocenters. The SMILES string of the molecule is N#Cc1cc(F)cc(-c2cncc(O)c2)c1. The lowest BCUT2D eigenvalue weighted by Crippen LogP contribution is -1.85. The van der Waals surface area contributed by atoms with Gasteiger partial charge in [-0.25, -0.2) is 4.39 Å². The molecule has 4 heteroatoms. The van der Waals surface area contributed by atoms with Crippen molar-refractivity contribution in [2.75, 3.05) is 0 Å². The molecule has 0 saturated heterocycles. The molecule has 0 aliphatic rings. The third-order valence-corrected chi connectivity index (χ3v) is 2.08. The number of aromatic nitrogens is 1. The molecule has 0 saturated carbocycles. The van der Waals surface area contributed by atoms with E-state index < -0.39 is 5.82 Å². The van der Waals surface area contributed by atoms with Crippen LogP contribution in [-0.2, 0) is 0 Å². The molecule has 78 valence electrons. The number of hydrogen-bond acceptors (Lipinski definition) is 3. The van der Waals surface area contributed by atoms with E-state index in [1.54, 1.807) is 6.07 Å². The molecule has 1 heterocycles. The van der Waals surface area contributed by atoms with Crippen molar-refractivity contribution in [3.8, 4) is 22.9 Å². The second kappa shape index (κ2) is 3.99. The maximum absolute atomic E-state index is 13.2. The molecule has 0 aliphatic carbocycles. The highest BCUT2D eigenvalue weighted by atomic mass is 19.1. The van der Waals surface area contributed by atoms with E-state index in [4.69, 9.17) is 5.26 Å². The summed E-state index contributed by atoms with van der Waals surface area (Å²) in [6, 6.07) is 7.31. The second-order valence-electron chi connectivity index (χ2n) is 3.27. The van der Waals surface area contributed by atoms with Crippen LogP contribution in [0.25, 0.3) is 11.1 Å². The highest BCUT2D eigenvalue weighted by Gasteiger charge is 2.04. The summed E-state index contributed by atoms with van der Waals surface area (Å²) in [5.41, 5.74) is 1.31. The molecule has 2 aromatic rings. The molecule has 0 spiro atoms. The van der Waals surface area contributed by atoms with Crippen LogP contribution in [0.1, 0.15) is 5.56 Å². The fourth-order valence-electron chi connectivity index (χ4n) is 1.41. The van der Waals surface area contributed by atoms with E-state index in [-0.39, 0.29) is 11.3 Å². The van der Waals surface area contributed by atoms with Gasteiger partial charge in [0, 0.05) is 11.8 Å². The molecule has 1 aromatic heterocycles. The summed E-state index contributed by atoms with van der Waals surface area (Å²) in [4.78, 5) is 3.79. The molecule has 1 N–H and O–H groups in total. The fourth-order valence-corrected chi connectivity index (χ4v) is 1.41. The Kier molecular flexibility index (Phi) is 2.52. The monoisotopic (exact) mass is 214 g/mol. The molecule has 2 rings (SSSR count). The lowest BCUT2D eigenvalue weighted by Gasteiger charge is -2.02. The zero-order valence-electron chi connectivity index (χ0n) is 8.18. The van der Waals surface area contributed by atoms with Crippen molar-refractivity contribution >= 4 is 0 Å².